The van der Waals surface area contributed by atoms with Gasteiger partial charge in [0.15, 0.2) is 5.78 Å². The molecule has 7 nitrogen and oxygen atoms in total. The molecule has 214 valence electrons. The molecular weight excluding hydrogens is 542 g/mol. The normalized spacial score (nSPS) is 16.5. The van der Waals surface area contributed by atoms with E-state index in [9.17, 15) is 37.6 Å². The maximum absolute atomic E-state index is 14.7. The number of alkyl halides is 3. The average molecular weight is 570 g/mol. The maximum atomic E-state index is 14.7. The van der Waals surface area contributed by atoms with Gasteiger partial charge in [0.25, 0.3) is 5.69 Å². The second kappa shape index (κ2) is 11.1. The maximum Gasteiger partial charge on any atom is 0.422 e. The number of nitro groups is 1. The number of hydrogen-bond donors (Lipinski definition) is 1. The van der Waals surface area contributed by atoms with E-state index in [1.54, 1.807) is 30.3 Å². The minimum atomic E-state index is -5.07. The Morgan fingerprint density at radius 2 is 1.66 bits per heavy atom. The summed E-state index contributed by atoms with van der Waals surface area (Å²) < 4.78 is 58.8. The van der Waals surface area contributed by atoms with Crippen LogP contribution in [0, 0.1) is 21.8 Å². The van der Waals surface area contributed by atoms with Gasteiger partial charge in [-0.15, -0.1) is 0 Å². The fourth-order valence-corrected chi connectivity index (χ4v) is 5.49. The molecule has 2 heterocycles. The number of nitrogens with zero attached hydrogens (tertiary/aromatic N) is 3. The first kappa shape index (κ1) is 28.4. The highest BCUT2D eigenvalue weighted by Crippen LogP contribution is 2.44. The van der Waals surface area contributed by atoms with Gasteiger partial charge < -0.3 is 9.67 Å². The van der Waals surface area contributed by atoms with Gasteiger partial charge in [-0.25, -0.2) is 4.39 Å². The number of benzene rings is 3. The number of rotatable bonds is 8. The Bertz CT molecular complexity index is 1560. The monoisotopic (exact) mass is 569 g/mol. The van der Waals surface area contributed by atoms with E-state index < -0.39 is 40.5 Å². The lowest BCUT2D eigenvalue weighted by Gasteiger charge is -2.38. The van der Waals surface area contributed by atoms with E-state index in [-0.39, 0.29) is 54.8 Å². The molecule has 0 saturated carbocycles. The van der Waals surface area contributed by atoms with Crippen molar-refractivity contribution in [2.24, 2.45) is 5.92 Å². The zero-order valence-corrected chi connectivity index (χ0v) is 21.9. The molecule has 0 radical (unpaired) electrons. The lowest BCUT2D eigenvalue weighted by molar-refractivity contribution is -0.384. The van der Waals surface area contributed by atoms with Crippen LogP contribution >= 0.6 is 0 Å². The molecule has 0 bridgehead atoms. The van der Waals surface area contributed by atoms with Crippen LogP contribution in [0.1, 0.15) is 34.3 Å². The summed E-state index contributed by atoms with van der Waals surface area (Å²) in [6.07, 6.45) is -3.28. The number of nitro benzene ring substituents is 1. The van der Waals surface area contributed by atoms with Gasteiger partial charge in [-0.2, -0.15) is 13.2 Å². The Balaban J connectivity index is 1.44. The van der Waals surface area contributed by atoms with Gasteiger partial charge in [-0.05, 0) is 61.8 Å². The minimum Gasteiger partial charge on any atom is -0.375 e. The molecule has 41 heavy (non-hydrogen) atoms. The molecule has 0 spiro atoms. The van der Waals surface area contributed by atoms with Gasteiger partial charge in [-0.3, -0.25) is 19.8 Å². The summed E-state index contributed by atoms with van der Waals surface area (Å²) >= 11 is 0. The van der Waals surface area contributed by atoms with Crippen molar-refractivity contribution >= 4 is 22.4 Å². The van der Waals surface area contributed by atoms with E-state index >= 15 is 0 Å². The highest BCUT2D eigenvalue weighted by atomic mass is 19.4. The molecule has 11 heteroatoms. The second-order valence-corrected chi connectivity index (χ2v) is 10.4. The molecule has 1 aromatic heterocycles. The number of halogens is 4. The van der Waals surface area contributed by atoms with Crippen molar-refractivity contribution in [3.8, 4) is 0 Å². The Kier molecular flexibility index (Phi) is 7.67. The van der Waals surface area contributed by atoms with E-state index in [1.165, 1.54) is 52.1 Å². The van der Waals surface area contributed by atoms with Crippen LogP contribution in [0.25, 0.3) is 10.9 Å². The number of carbonyl (C=O) groups excluding carboxylic acids is 1. The molecule has 1 N–H and O–H groups in total. The van der Waals surface area contributed by atoms with Crippen molar-refractivity contribution in [1.29, 1.82) is 0 Å². The lowest BCUT2D eigenvalue weighted by Crippen LogP contribution is -2.52. The topological polar surface area (TPSA) is 88.6 Å². The van der Waals surface area contributed by atoms with Crippen LogP contribution in [-0.4, -0.2) is 51.1 Å². The molecule has 1 aliphatic rings. The molecule has 0 amide bonds. The number of β-amino-alcohol motifs (C(OH)–C–C–N with tert-alkyl or cyclic N) is 1. The molecule has 1 fully saturated rings. The molecule has 0 aliphatic carbocycles. The highest BCUT2D eigenvalue weighted by Gasteiger charge is 2.57. The number of Topliss-reactive ketones (excluding diaryl/α,β-unsaturated/α-hetero) is 1. The molecule has 5 rings (SSSR count). The van der Waals surface area contributed by atoms with E-state index in [1.807, 2.05) is 0 Å². The van der Waals surface area contributed by atoms with Crippen LogP contribution in [0.3, 0.4) is 0 Å². The van der Waals surface area contributed by atoms with E-state index in [0.29, 0.717) is 5.56 Å². The van der Waals surface area contributed by atoms with Crippen molar-refractivity contribution in [3.05, 3.63) is 112 Å². The summed E-state index contributed by atoms with van der Waals surface area (Å²) in [7, 11) is 0. The van der Waals surface area contributed by atoms with Crippen LogP contribution in [0.15, 0.2) is 79.0 Å². The SMILES string of the molecule is O=C(c1ccc(F)cc1)C1CCN(CC(O)(c2cn(Cc3ccccc3)c3cc([N+](=O)[O-])ccc23)C(F)(F)F)CC1. The number of carbonyl (C=O) groups is 1. The molecule has 1 atom stereocenters. The molecular formula is C30H27F4N3O4. The third-order valence-electron chi connectivity index (χ3n) is 7.73. The summed E-state index contributed by atoms with van der Waals surface area (Å²) in [5.41, 5.74) is -2.64. The number of piperidine rings is 1. The third-order valence-corrected chi connectivity index (χ3v) is 7.73. The number of fused-ring (bicyclic) bond motifs is 1. The number of aromatic nitrogens is 1. The molecule has 1 unspecified atom stereocenters. The molecule has 4 aromatic rings. The quantitative estimate of drug-likeness (QED) is 0.120. The molecule has 1 aliphatic heterocycles. The van der Waals surface area contributed by atoms with E-state index in [2.05, 4.69) is 0 Å². The smallest absolute Gasteiger partial charge is 0.375 e. The molecule has 3 aromatic carbocycles. The first-order valence-electron chi connectivity index (χ1n) is 13.1. The van der Waals surface area contributed by atoms with Gasteiger partial charge >= 0.3 is 6.18 Å². The fourth-order valence-electron chi connectivity index (χ4n) is 5.49. The summed E-state index contributed by atoms with van der Waals surface area (Å²) in [5, 5.41) is 22.9. The number of non-ortho nitro benzene ring substituents is 1. The van der Waals surface area contributed by atoms with Crippen molar-refractivity contribution in [2.45, 2.75) is 31.2 Å². The van der Waals surface area contributed by atoms with Gasteiger partial charge in [0.05, 0.1) is 10.4 Å². The van der Waals surface area contributed by atoms with Crippen molar-refractivity contribution in [2.75, 3.05) is 19.6 Å². The minimum absolute atomic E-state index is 0.0627. The van der Waals surface area contributed by atoms with Crippen LogP contribution < -0.4 is 0 Å². The highest BCUT2D eigenvalue weighted by molar-refractivity contribution is 5.97. The van der Waals surface area contributed by atoms with Crippen molar-refractivity contribution in [3.63, 3.8) is 0 Å². The summed E-state index contributed by atoms with van der Waals surface area (Å²) in [4.78, 5) is 25.1. The summed E-state index contributed by atoms with van der Waals surface area (Å²) in [5.74, 6) is -1.09. The predicted octanol–water partition coefficient (Wildman–Crippen LogP) is 6.08. The largest absolute Gasteiger partial charge is 0.422 e. The van der Waals surface area contributed by atoms with Gasteiger partial charge in [0.2, 0.25) is 5.60 Å². The van der Waals surface area contributed by atoms with Gasteiger partial charge in [0, 0.05) is 53.9 Å². The van der Waals surface area contributed by atoms with E-state index in [0.717, 1.165) is 11.6 Å². The number of aliphatic hydroxyl groups is 1. The van der Waals surface area contributed by atoms with Crippen LogP contribution in [-0.2, 0) is 12.1 Å². The van der Waals surface area contributed by atoms with Gasteiger partial charge in [0.1, 0.15) is 5.82 Å². The van der Waals surface area contributed by atoms with Crippen LogP contribution in [0.2, 0.25) is 0 Å². The summed E-state index contributed by atoms with van der Waals surface area (Å²) in [6.45, 7) is -0.340. The lowest BCUT2D eigenvalue weighted by atomic mass is 9.87. The number of hydrogen-bond acceptors (Lipinski definition) is 5. The zero-order chi connectivity index (χ0) is 29.4. The standard InChI is InChI=1S/C30H27F4N3O4/c31-23-8-6-21(7-9-23)28(38)22-12-14-35(15-13-22)19-29(39,30(32,33)34)26-18-36(17-20-4-2-1-3-5-20)27-16-24(37(40)41)10-11-25(26)27/h1-11,16,18,22,39H,12-15,17,19H2. The van der Waals surface area contributed by atoms with Gasteiger partial charge in [-0.1, -0.05) is 30.3 Å². The fraction of sp³-hybridized carbons (Fsp3) is 0.300. The zero-order valence-electron chi connectivity index (χ0n) is 21.9. The first-order valence-corrected chi connectivity index (χ1v) is 13.1. The number of likely N-dealkylation sites (tertiary alicyclic amines) is 1. The second-order valence-electron chi connectivity index (χ2n) is 10.4. The van der Waals surface area contributed by atoms with Crippen LogP contribution in [0.5, 0.6) is 0 Å². The Labute approximate surface area is 232 Å². The third kappa shape index (κ3) is 5.73. The Morgan fingerprint density at radius 3 is 2.27 bits per heavy atom. The Hall–Kier alpha value is -4.09. The molecule has 1 saturated heterocycles. The Morgan fingerprint density at radius 1 is 1.00 bits per heavy atom. The summed E-state index contributed by atoms with van der Waals surface area (Å²) in [6, 6.07) is 17.7. The van der Waals surface area contributed by atoms with E-state index in [4.69, 9.17) is 0 Å². The number of ketones is 1. The average Bonchev–Trinajstić information content (AvgIpc) is 3.31. The van der Waals surface area contributed by atoms with Crippen molar-refractivity contribution in [1.82, 2.24) is 9.47 Å². The van der Waals surface area contributed by atoms with Crippen LogP contribution in [0.4, 0.5) is 23.2 Å². The first-order chi connectivity index (χ1) is 19.5. The van der Waals surface area contributed by atoms with Crippen molar-refractivity contribution < 1.29 is 32.4 Å². The predicted molar refractivity (Wildman–Crippen MR) is 144 cm³/mol.